The summed E-state index contributed by atoms with van der Waals surface area (Å²) in [6.07, 6.45) is -4.76. The van der Waals surface area contributed by atoms with Gasteiger partial charge in [0.25, 0.3) is 0 Å². The highest BCUT2D eigenvalue weighted by atomic mass is 35.5. The second-order valence-electron chi connectivity index (χ2n) is 4.36. The van der Waals surface area contributed by atoms with Crippen LogP contribution < -0.4 is 0 Å². The van der Waals surface area contributed by atoms with Crippen LogP contribution >= 0.6 is 34.8 Å². The first kappa shape index (κ1) is 17.8. The van der Waals surface area contributed by atoms with Crippen molar-refractivity contribution in [2.75, 3.05) is 7.11 Å². The van der Waals surface area contributed by atoms with Gasteiger partial charge in [0.2, 0.25) is 0 Å². The third kappa shape index (κ3) is 3.88. The number of pyridine rings is 1. The van der Waals surface area contributed by atoms with Crippen LogP contribution in [0.2, 0.25) is 15.1 Å². The van der Waals surface area contributed by atoms with E-state index in [9.17, 15) is 18.0 Å². The Morgan fingerprint density at radius 1 is 1.09 bits per heavy atom. The van der Waals surface area contributed by atoms with Gasteiger partial charge in [-0.15, -0.1) is 0 Å². The van der Waals surface area contributed by atoms with Crippen LogP contribution in [0.4, 0.5) is 13.2 Å². The topological polar surface area (TPSA) is 39.2 Å². The molecule has 0 saturated heterocycles. The predicted octanol–water partition coefficient (Wildman–Crippen LogP) is 5.51. The lowest BCUT2D eigenvalue weighted by atomic mass is 10.1. The Hall–Kier alpha value is -1.50. The maximum absolute atomic E-state index is 13.0. The van der Waals surface area contributed by atoms with Crippen molar-refractivity contribution in [3.05, 3.63) is 50.6 Å². The summed E-state index contributed by atoms with van der Waals surface area (Å²) in [5.74, 6) is -0.944. The van der Waals surface area contributed by atoms with Crippen molar-refractivity contribution in [3.8, 4) is 11.3 Å². The average Bonchev–Trinajstić information content (AvgIpc) is 2.44. The summed E-state index contributed by atoms with van der Waals surface area (Å²) in [6.45, 7) is 0. The zero-order valence-electron chi connectivity index (χ0n) is 11.3. The number of methoxy groups -OCH3 is 1. The van der Waals surface area contributed by atoms with Gasteiger partial charge >= 0.3 is 12.1 Å². The summed E-state index contributed by atoms with van der Waals surface area (Å²) in [4.78, 5) is 15.1. The number of alkyl halides is 3. The third-order valence-corrected chi connectivity index (χ3v) is 3.61. The predicted molar refractivity (Wildman–Crippen MR) is 81.0 cm³/mol. The Labute approximate surface area is 143 Å². The van der Waals surface area contributed by atoms with Crippen molar-refractivity contribution in [1.29, 1.82) is 0 Å². The van der Waals surface area contributed by atoms with E-state index in [0.717, 1.165) is 13.2 Å². The van der Waals surface area contributed by atoms with Crippen molar-refractivity contribution < 1.29 is 22.7 Å². The lowest BCUT2D eigenvalue weighted by molar-refractivity contribution is -0.141. The van der Waals surface area contributed by atoms with E-state index in [1.54, 1.807) is 0 Å². The minimum Gasteiger partial charge on any atom is -0.465 e. The molecule has 1 aromatic heterocycles. The Kier molecular flexibility index (Phi) is 5.08. The van der Waals surface area contributed by atoms with Crippen LogP contribution in [-0.4, -0.2) is 18.1 Å². The van der Waals surface area contributed by atoms with Crippen LogP contribution in [-0.2, 0) is 10.9 Å². The summed E-state index contributed by atoms with van der Waals surface area (Å²) < 4.78 is 43.4. The zero-order valence-corrected chi connectivity index (χ0v) is 13.6. The number of esters is 1. The Balaban J connectivity index is 2.74. The monoisotopic (exact) mass is 383 g/mol. The molecule has 9 heteroatoms. The largest absolute Gasteiger partial charge is 0.465 e. The fourth-order valence-electron chi connectivity index (χ4n) is 1.83. The normalized spacial score (nSPS) is 11.4. The first-order chi connectivity index (χ1) is 10.6. The quantitative estimate of drug-likeness (QED) is 0.641. The summed E-state index contributed by atoms with van der Waals surface area (Å²) in [5, 5.41) is 0.221. The third-order valence-electron chi connectivity index (χ3n) is 2.80. The number of carbonyl (C=O) groups excluding carboxylic acids is 1. The van der Waals surface area contributed by atoms with E-state index >= 15 is 0 Å². The smallest absolute Gasteiger partial charge is 0.433 e. The fourth-order valence-corrected chi connectivity index (χ4v) is 2.84. The maximum Gasteiger partial charge on any atom is 0.433 e. The van der Waals surface area contributed by atoms with Gasteiger partial charge in [0.1, 0.15) is 5.69 Å². The molecule has 0 aliphatic carbocycles. The van der Waals surface area contributed by atoms with Gasteiger partial charge < -0.3 is 4.74 Å². The molecule has 0 fully saturated rings. The molecule has 2 aromatic rings. The van der Waals surface area contributed by atoms with Crippen molar-refractivity contribution in [2.24, 2.45) is 0 Å². The molecule has 1 aromatic carbocycles. The van der Waals surface area contributed by atoms with Gasteiger partial charge in [0, 0.05) is 10.6 Å². The molecule has 1 heterocycles. The minimum atomic E-state index is -4.76. The van der Waals surface area contributed by atoms with Crippen molar-refractivity contribution >= 4 is 40.8 Å². The minimum absolute atomic E-state index is 0.00476. The molecule has 0 amide bonds. The van der Waals surface area contributed by atoms with Crippen molar-refractivity contribution in [1.82, 2.24) is 4.98 Å². The summed E-state index contributed by atoms with van der Waals surface area (Å²) >= 11 is 17.8. The van der Waals surface area contributed by atoms with Crippen LogP contribution in [0.3, 0.4) is 0 Å². The number of halogens is 6. The van der Waals surface area contributed by atoms with Crippen LogP contribution in [0, 0.1) is 0 Å². The van der Waals surface area contributed by atoms with E-state index in [2.05, 4.69) is 9.72 Å². The standard InChI is InChI=1S/C14H7Cl3F3NO2/c1-23-13(22)6-2-10(21-11(3-6)14(18,19)20)12-8(16)4-7(15)5-9(12)17/h2-5H,1H3. The van der Waals surface area contributed by atoms with Crippen LogP contribution in [0.25, 0.3) is 11.3 Å². The molecule has 3 nitrogen and oxygen atoms in total. The van der Waals surface area contributed by atoms with Crippen LogP contribution in [0.1, 0.15) is 16.1 Å². The van der Waals surface area contributed by atoms with Gasteiger partial charge in [-0.05, 0) is 24.3 Å². The molecule has 0 unspecified atom stereocenters. The summed E-state index contributed by atoms with van der Waals surface area (Å²) in [5.41, 5.74) is -1.77. The first-order valence-electron chi connectivity index (χ1n) is 5.96. The van der Waals surface area contributed by atoms with Crippen molar-refractivity contribution in [3.63, 3.8) is 0 Å². The highest BCUT2D eigenvalue weighted by Crippen LogP contribution is 2.38. The number of rotatable bonds is 2. The molecule has 0 spiro atoms. The maximum atomic E-state index is 13.0. The van der Waals surface area contributed by atoms with Gasteiger partial charge in [0.05, 0.1) is 28.4 Å². The molecule has 0 aliphatic rings. The van der Waals surface area contributed by atoms with Gasteiger partial charge in [-0.1, -0.05) is 34.8 Å². The molecule has 0 bridgehead atoms. The number of benzene rings is 1. The highest BCUT2D eigenvalue weighted by Gasteiger charge is 2.34. The van der Waals surface area contributed by atoms with Crippen molar-refractivity contribution in [2.45, 2.75) is 6.18 Å². The number of ether oxygens (including phenoxy) is 1. The second-order valence-corrected chi connectivity index (χ2v) is 5.61. The van der Waals surface area contributed by atoms with E-state index in [-0.39, 0.29) is 31.9 Å². The van der Waals surface area contributed by atoms with Gasteiger partial charge in [-0.2, -0.15) is 13.2 Å². The van der Waals surface area contributed by atoms with E-state index in [1.807, 2.05) is 0 Å². The molecular formula is C14H7Cl3F3NO2. The lowest BCUT2D eigenvalue weighted by Crippen LogP contribution is -2.12. The number of aromatic nitrogens is 1. The van der Waals surface area contributed by atoms with E-state index in [0.29, 0.717) is 6.07 Å². The molecule has 122 valence electrons. The van der Waals surface area contributed by atoms with Gasteiger partial charge in [0.15, 0.2) is 0 Å². The zero-order chi connectivity index (χ0) is 17.4. The Morgan fingerprint density at radius 2 is 1.65 bits per heavy atom. The van der Waals surface area contributed by atoms with Crippen LogP contribution in [0.15, 0.2) is 24.3 Å². The van der Waals surface area contributed by atoms with E-state index in [4.69, 9.17) is 34.8 Å². The lowest BCUT2D eigenvalue weighted by Gasteiger charge is -2.12. The highest BCUT2D eigenvalue weighted by molar-refractivity contribution is 6.41. The number of hydrogen-bond acceptors (Lipinski definition) is 3. The molecular weight excluding hydrogens is 378 g/mol. The molecule has 0 saturated carbocycles. The number of hydrogen-bond donors (Lipinski definition) is 0. The molecule has 0 N–H and O–H groups in total. The molecule has 0 aliphatic heterocycles. The number of carbonyl (C=O) groups is 1. The average molecular weight is 385 g/mol. The summed E-state index contributed by atoms with van der Waals surface area (Å²) in [6, 6.07) is 4.32. The Morgan fingerprint density at radius 3 is 2.13 bits per heavy atom. The molecule has 0 radical (unpaired) electrons. The second kappa shape index (κ2) is 6.55. The SMILES string of the molecule is COC(=O)c1cc(-c2c(Cl)cc(Cl)cc2Cl)nc(C(F)(F)F)c1. The van der Waals surface area contributed by atoms with E-state index < -0.39 is 17.8 Å². The van der Waals surface area contributed by atoms with Gasteiger partial charge in [-0.25, -0.2) is 9.78 Å². The van der Waals surface area contributed by atoms with E-state index in [1.165, 1.54) is 12.1 Å². The molecule has 0 atom stereocenters. The first-order valence-corrected chi connectivity index (χ1v) is 7.09. The molecule has 23 heavy (non-hydrogen) atoms. The number of nitrogens with zero attached hydrogens (tertiary/aromatic N) is 1. The van der Waals surface area contributed by atoms with Gasteiger partial charge in [-0.3, -0.25) is 0 Å². The summed E-state index contributed by atoms with van der Waals surface area (Å²) in [7, 11) is 1.05. The Bertz CT molecular complexity index is 755. The fraction of sp³-hybridized carbons (Fsp3) is 0.143. The molecule has 2 rings (SSSR count). The van der Waals surface area contributed by atoms with Crippen LogP contribution in [0.5, 0.6) is 0 Å².